The average Bonchev–Trinajstić information content (AvgIpc) is 3.46. The Morgan fingerprint density at radius 1 is 1.12 bits per heavy atom. The maximum Gasteiger partial charge on any atom is 0.274 e. The number of benzene rings is 2. The topological polar surface area (TPSA) is 112 Å². The lowest BCUT2D eigenvalue weighted by Gasteiger charge is -2.10. The Balaban J connectivity index is 1.33. The Kier molecular flexibility index (Phi) is 5.35. The molecule has 0 saturated heterocycles. The molecule has 0 unspecified atom stereocenters. The number of amides is 1. The Bertz CT molecular complexity index is 1420. The number of fused-ring (bicyclic) bond motifs is 1. The van der Waals surface area contributed by atoms with E-state index in [-0.39, 0.29) is 11.6 Å². The van der Waals surface area contributed by atoms with E-state index in [0.717, 1.165) is 22.0 Å². The van der Waals surface area contributed by atoms with Gasteiger partial charge in [0.1, 0.15) is 0 Å². The zero-order valence-electron chi connectivity index (χ0n) is 18.1. The minimum atomic E-state index is -0.459. The van der Waals surface area contributed by atoms with E-state index in [0.29, 0.717) is 23.8 Å². The first-order valence-electron chi connectivity index (χ1n) is 10.5. The molecule has 3 aromatic heterocycles. The Morgan fingerprint density at radius 3 is 2.82 bits per heavy atom. The molecular weight excluding hydrogens is 418 g/mol. The van der Waals surface area contributed by atoms with Crippen LogP contribution in [-0.2, 0) is 6.42 Å². The van der Waals surface area contributed by atoms with Crippen LogP contribution in [0.2, 0.25) is 0 Å². The van der Waals surface area contributed by atoms with Gasteiger partial charge in [-0.2, -0.15) is 4.98 Å². The molecule has 2 aromatic carbocycles. The first-order valence-corrected chi connectivity index (χ1v) is 10.5. The van der Waals surface area contributed by atoms with Gasteiger partial charge in [-0.15, -0.1) is 5.10 Å². The van der Waals surface area contributed by atoms with Gasteiger partial charge < -0.3 is 9.84 Å². The molecule has 1 atom stereocenters. The molecule has 0 aliphatic heterocycles. The summed E-state index contributed by atoms with van der Waals surface area (Å²) in [6, 6.07) is 17.1. The van der Waals surface area contributed by atoms with E-state index in [9.17, 15) is 4.79 Å². The third kappa shape index (κ3) is 4.08. The fourth-order valence-corrected chi connectivity index (χ4v) is 3.67. The number of nitrogens with one attached hydrogen (secondary N) is 1. The summed E-state index contributed by atoms with van der Waals surface area (Å²) in [6.07, 6.45) is 4.05. The molecular formula is C24H21N7O2. The molecule has 5 rings (SSSR count). The number of rotatable bonds is 6. The summed E-state index contributed by atoms with van der Waals surface area (Å²) >= 11 is 0. The quantitative estimate of drug-likeness (QED) is 0.430. The summed E-state index contributed by atoms with van der Waals surface area (Å²) < 4.78 is 7.01. The van der Waals surface area contributed by atoms with E-state index in [2.05, 4.69) is 30.8 Å². The second kappa shape index (κ2) is 8.62. The summed E-state index contributed by atoms with van der Waals surface area (Å²) in [6.45, 7) is 3.61. The van der Waals surface area contributed by atoms with Crippen molar-refractivity contribution < 1.29 is 9.32 Å². The molecule has 0 aliphatic rings. The van der Waals surface area contributed by atoms with E-state index in [1.807, 2.05) is 61.5 Å². The second-order valence-corrected chi connectivity index (χ2v) is 7.71. The zero-order chi connectivity index (χ0) is 22.8. The van der Waals surface area contributed by atoms with E-state index >= 15 is 0 Å². The van der Waals surface area contributed by atoms with Crippen LogP contribution in [0.1, 0.15) is 46.4 Å². The minimum absolute atomic E-state index is 0.237. The van der Waals surface area contributed by atoms with Crippen molar-refractivity contribution in [2.75, 3.05) is 0 Å². The van der Waals surface area contributed by atoms with Crippen LogP contribution < -0.4 is 5.32 Å². The van der Waals surface area contributed by atoms with E-state index in [1.54, 1.807) is 24.0 Å². The van der Waals surface area contributed by atoms with Gasteiger partial charge in [0.25, 0.3) is 5.91 Å². The van der Waals surface area contributed by atoms with Crippen LogP contribution in [-0.4, -0.2) is 36.0 Å². The number of hydrogen-bond acceptors (Lipinski definition) is 7. The van der Waals surface area contributed by atoms with Crippen molar-refractivity contribution in [2.45, 2.75) is 26.3 Å². The van der Waals surface area contributed by atoms with Crippen molar-refractivity contribution in [2.24, 2.45) is 0 Å². The lowest BCUT2D eigenvalue weighted by Crippen LogP contribution is -2.28. The van der Waals surface area contributed by atoms with Crippen molar-refractivity contribution in [1.29, 1.82) is 0 Å². The Labute approximate surface area is 189 Å². The van der Waals surface area contributed by atoms with Crippen LogP contribution in [0.4, 0.5) is 0 Å². The molecule has 3 heterocycles. The highest BCUT2D eigenvalue weighted by molar-refractivity contribution is 5.94. The van der Waals surface area contributed by atoms with Crippen LogP contribution in [0.25, 0.3) is 16.5 Å². The normalized spacial score (nSPS) is 12.1. The summed E-state index contributed by atoms with van der Waals surface area (Å²) in [7, 11) is 0. The highest BCUT2D eigenvalue weighted by atomic mass is 16.5. The van der Waals surface area contributed by atoms with Gasteiger partial charge in [0.2, 0.25) is 5.89 Å². The third-order valence-corrected chi connectivity index (χ3v) is 5.41. The molecule has 0 aliphatic carbocycles. The molecule has 9 nitrogen and oxygen atoms in total. The monoisotopic (exact) mass is 439 g/mol. The summed E-state index contributed by atoms with van der Waals surface area (Å²) in [4.78, 5) is 21.5. The molecule has 164 valence electrons. The largest absolute Gasteiger partial charge is 0.341 e. The molecule has 9 heteroatoms. The highest BCUT2D eigenvalue weighted by Crippen LogP contribution is 2.23. The second-order valence-electron chi connectivity index (χ2n) is 7.71. The van der Waals surface area contributed by atoms with E-state index in [4.69, 9.17) is 4.52 Å². The maximum atomic E-state index is 12.9. The van der Waals surface area contributed by atoms with E-state index < -0.39 is 6.04 Å². The highest BCUT2D eigenvalue weighted by Gasteiger charge is 2.22. The number of hydrogen-bond donors (Lipinski definition) is 1. The van der Waals surface area contributed by atoms with Crippen LogP contribution in [0.15, 0.2) is 71.5 Å². The minimum Gasteiger partial charge on any atom is -0.341 e. The first kappa shape index (κ1) is 20.5. The summed E-state index contributed by atoms with van der Waals surface area (Å²) in [5, 5.41) is 17.2. The smallest absolute Gasteiger partial charge is 0.274 e. The fraction of sp³-hybridized carbons (Fsp3) is 0.167. The molecule has 1 N–H and O–H groups in total. The molecule has 0 radical (unpaired) electrons. The SMILES string of the molecule is Cc1c(C(=O)N[C@H](C)c2noc(Cc3ccccc3)n2)nnn1-c1cccc2cnccc12. The predicted octanol–water partition coefficient (Wildman–Crippen LogP) is 3.59. The van der Waals surface area contributed by atoms with Crippen molar-refractivity contribution in [3.05, 3.63) is 95.7 Å². The molecule has 0 saturated carbocycles. The number of carbonyl (C=O) groups excluding carboxylic acids is 1. The van der Waals surface area contributed by atoms with Crippen molar-refractivity contribution in [1.82, 2.24) is 35.4 Å². The van der Waals surface area contributed by atoms with Crippen molar-refractivity contribution in [3.8, 4) is 5.69 Å². The fourth-order valence-electron chi connectivity index (χ4n) is 3.67. The average molecular weight is 439 g/mol. The van der Waals surface area contributed by atoms with Crippen LogP contribution in [0.5, 0.6) is 0 Å². The Hall–Kier alpha value is -4.40. The maximum absolute atomic E-state index is 12.9. The predicted molar refractivity (Wildman–Crippen MR) is 121 cm³/mol. The van der Waals surface area contributed by atoms with E-state index in [1.165, 1.54) is 0 Å². The number of nitrogens with zero attached hydrogens (tertiary/aromatic N) is 6. The summed E-state index contributed by atoms with van der Waals surface area (Å²) in [5.41, 5.74) is 2.76. The Morgan fingerprint density at radius 2 is 1.97 bits per heavy atom. The molecule has 5 aromatic rings. The lowest BCUT2D eigenvalue weighted by molar-refractivity contribution is 0.0932. The van der Waals surface area contributed by atoms with Crippen molar-refractivity contribution in [3.63, 3.8) is 0 Å². The van der Waals surface area contributed by atoms with Gasteiger partial charge in [-0.1, -0.05) is 52.8 Å². The van der Waals surface area contributed by atoms with Gasteiger partial charge in [0, 0.05) is 23.2 Å². The van der Waals surface area contributed by atoms with Crippen molar-refractivity contribution >= 4 is 16.7 Å². The van der Waals surface area contributed by atoms with Gasteiger partial charge in [0.15, 0.2) is 11.5 Å². The van der Waals surface area contributed by atoms with Crippen LogP contribution >= 0.6 is 0 Å². The molecule has 0 spiro atoms. The standard InChI is InChI=1S/C24H21N7O2/c1-15(23-27-21(33-29-23)13-17-7-4-3-5-8-17)26-24(32)22-16(2)31(30-28-22)20-10-6-9-18-14-25-12-11-19(18)20/h3-12,14-15H,13H2,1-2H3,(H,26,32)/t15-/m1/s1. The number of aromatic nitrogens is 6. The first-order chi connectivity index (χ1) is 16.1. The molecule has 0 bridgehead atoms. The van der Waals surface area contributed by atoms with Gasteiger partial charge in [-0.05, 0) is 31.5 Å². The zero-order valence-corrected chi connectivity index (χ0v) is 18.1. The summed E-state index contributed by atoms with van der Waals surface area (Å²) in [5.74, 6) is 0.535. The number of pyridine rings is 1. The molecule has 0 fully saturated rings. The van der Waals surface area contributed by atoms with Crippen LogP contribution in [0.3, 0.4) is 0 Å². The van der Waals surface area contributed by atoms with Gasteiger partial charge in [0.05, 0.1) is 23.8 Å². The van der Waals surface area contributed by atoms with Gasteiger partial charge >= 0.3 is 0 Å². The van der Waals surface area contributed by atoms with Gasteiger partial charge in [-0.25, -0.2) is 4.68 Å². The van der Waals surface area contributed by atoms with Crippen LogP contribution in [0, 0.1) is 6.92 Å². The molecule has 1 amide bonds. The lowest BCUT2D eigenvalue weighted by atomic mass is 10.1. The number of carbonyl (C=O) groups is 1. The third-order valence-electron chi connectivity index (χ3n) is 5.41. The van der Waals surface area contributed by atoms with Gasteiger partial charge in [-0.3, -0.25) is 9.78 Å². The molecule has 33 heavy (non-hydrogen) atoms.